The summed E-state index contributed by atoms with van der Waals surface area (Å²) in [7, 11) is 0. The smallest absolute Gasteiger partial charge is 0.253 e. The minimum atomic E-state index is -2.72. The summed E-state index contributed by atoms with van der Waals surface area (Å²) < 4.78 is 26.7. The van der Waals surface area contributed by atoms with Crippen molar-refractivity contribution in [1.29, 1.82) is 0 Å². The van der Waals surface area contributed by atoms with Crippen molar-refractivity contribution in [2.45, 2.75) is 11.0 Å². The highest BCUT2D eigenvalue weighted by molar-refractivity contribution is 14.1. The van der Waals surface area contributed by atoms with Crippen LogP contribution in [0.2, 0.25) is 5.02 Å². The number of halogens is 2. The number of alkyl halides is 1. The van der Waals surface area contributed by atoms with Crippen molar-refractivity contribution in [2.75, 3.05) is 4.31 Å². The van der Waals surface area contributed by atoms with Crippen molar-refractivity contribution < 1.29 is 13.6 Å². The van der Waals surface area contributed by atoms with Gasteiger partial charge in [0, 0.05) is 28.4 Å². The summed E-state index contributed by atoms with van der Waals surface area (Å²) in [4.78, 5) is 21.7. The molecule has 0 fully saturated rings. The van der Waals surface area contributed by atoms with Gasteiger partial charge < -0.3 is 9.87 Å². The van der Waals surface area contributed by atoms with Gasteiger partial charge in [-0.3, -0.25) is 23.3 Å². The Morgan fingerprint density at radius 2 is 1.76 bits per heavy atom. The van der Waals surface area contributed by atoms with E-state index in [9.17, 15) is 13.6 Å². The first-order valence-electron chi connectivity index (χ1n) is 9.78. The van der Waals surface area contributed by atoms with Crippen LogP contribution in [0.4, 0.5) is 11.4 Å². The Morgan fingerprint density at radius 1 is 1.03 bits per heavy atom. The van der Waals surface area contributed by atoms with Gasteiger partial charge in [0.25, 0.3) is 5.91 Å². The molecule has 1 unspecified atom stereocenters. The van der Waals surface area contributed by atoms with Crippen molar-refractivity contribution in [3.8, 4) is 0 Å². The lowest BCUT2D eigenvalue weighted by atomic mass is 10.1. The highest BCUT2D eigenvalue weighted by Gasteiger charge is 2.22. The highest BCUT2D eigenvalue weighted by atomic mass is 127. The molecule has 0 saturated heterocycles. The van der Waals surface area contributed by atoms with Crippen LogP contribution in [-0.4, -0.2) is 24.6 Å². The van der Waals surface area contributed by atoms with Crippen molar-refractivity contribution in [3.05, 3.63) is 94.8 Å². The number of hydrogen-bond donors (Lipinski definition) is 1. The average Bonchev–Trinajstić information content (AvgIpc) is 2.83. The molecule has 7 nitrogen and oxygen atoms in total. The van der Waals surface area contributed by atoms with E-state index in [1.165, 1.54) is 12.4 Å². The van der Waals surface area contributed by atoms with Crippen molar-refractivity contribution in [1.82, 2.24) is 15.3 Å². The molecule has 4 rings (SSSR count). The average molecular weight is 592 g/mol. The monoisotopic (exact) mass is 591 g/mol. The molecule has 0 radical (unpaired) electrons. The van der Waals surface area contributed by atoms with Gasteiger partial charge in [-0.25, -0.2) is 0 Å². The number of para-hydroxylation sites is 1. The number of nitrogens with one attached hydrogen (secondary N) is 1. The number of nitrogens with zero attached hydrogens (tertiary/aromatic N) is 3. The number of aromatic nitrogens is 2. The molecule has 0 bridgehead atoms. The summed E-state index contributed by atoms with van der Waals surface area (Å²) in [5, 5.41) is 3.46. The Kier molecular flexibility index (Phi) is 7.53. The molecule has 0 spiro atoms. The van der Waals surface area contributed by atoms with Gasteiger partial charge in [0.05, 0.1) is 33.7 Å². The van der Waals surface area contributed by atoms with Crippen molar-refractivity contribution in [3.63, 3.8) is 0 Å². The van der Waals surface area contributed by atoms with Crippen LogP contribution in [0.15, 0.2) is 73.1 Å². The topological polar surface area (TPSA) is 98.2 Å². The van der Waals surface area contributed by atoms with Crippen LogP contribution < -0.4 is 9.62 Å². The van der Waals surface area contributed by atoms with E-state index in [0.29, 0.717) is 26.2 Å². The largest absolute Gasteiger partial charge is 0.755 e. The zero-order chi connectivity index (χ0) is 23.4. The van der Waals surface area contributed by atoms with E-state index in [1.54, 1.807) is 42.5 Å². The van der Waals surface area contributed by atoms with Crippen LogP contribution in [0.5, 0.6) is 0 Å². The van der Waals surface area contributed by atoms with Crippen LogP contribution in [0.1, 0.15) is 21.5 Å². The van der Waals surface area contributed by atoms with Crippen molar-refractivity contribution in [2.24, 2.45) is 0 Å². The summed E-state index contributed by atoms with van der Waals surface area (Å²) >= 11 is 5.39. The van der Waals surface area contributed by atoms with E-state index >= 15 is 0 Å². The van der Waals surface area contributed by atoms with Gasteiger partial charge in [0.1, 0.15) is 5.52 Å². The minimum Gasteiger partial charge on any atom is -0.755 e. The second-order valence-electron chi connectivity index (χ2n) is 7.01. The van der Waals surface area contributed by atoms with Gasteiger partial charge in [0.15, 0.2) is 0 Å². The predicted molar refractivity (Wildman–Crippen MR) is 137 cm³/mol. The van der Waals surface area contributed by atoms with E-state index in [4.69, 9.17) is 11.6 Å². The number of benzene rings is 3. The van der Waals surface area contributed by atoms with Crippen LogP contribution in [-0.2, 0) is 22.2 Å². The lowest BCUT2D eigenvalue weighted by Gasteiger charge is -2.29. The fourth-order valence-electron chi connectivity index (χ4n) is 3.33. The van der Waals surface area contributed by atoms with Gasteiger partial charge in [-0.2, -0.15) is 0 Å². The Balaban J connectivity index is 1.76. The summed E-state index contributed by atoms with van der Waals surface area (Å²) in [5.41, 5.74) is 3.48. The fourth-order valence-corrected chi connectivity index (χ4v) is 4.55. The summed E-state index contributed by atoms with van der Waals surface area (Å²) in [6, 6.07) is 17.4. The predicted octanol–water partition coefficient (Wildman–Crippen LogP) is 5.08. The normalized spacial score (nSPS) is 11.8. The van der Waals surface area contributed by atoms with Gasteiger partial charge in [0.2, 0.25) is 0 Å². The van der Waals surface area contributed by atoms with E-state index in [2.05, 4.69) is 37.9 Å². The lowest BCUT2D eigenvalue weighted by molar-refractivity contribution is 0.0951. The standard InChI is InChI=1S/C23H18ClIN4O3S/c24-17-7-4-15(5-8-17)14-28-23(30)18-9-6-16(13-25)12-21(18)29(33(31)32)20-3-1-2-19-22(20)27-11-10-26-19/h1-12H,13-14H2,(H,28,30)(H,31,32)/p-1. The summed E-state index contributed by atoms with van der Waals surface area (Å²) in [5.74, 6) is -0.401. The minimum absolute atomic E-state index is 0.225. The molecule has 33 heavy (non-hydrogen) atoms. The molecule has 168 valence electrons. The third-order valence-electron chi connectivity index (χ3n) is 4.89. The molecule has 3 aromatic carbocycles. The third-order valence-corrected chi connectivity index (χ3v) is 6.72. The van der Waals surface area contributed by atoms with E-state index in [0.717, 1.165) is 15.4 Å². The number of rotatable bonds is 7. The molecule has 0 aliphatic rings. The number of carbonyl (C=O) groups excluding carboxylic acids is 1. The SMILES string of the molecule is O=C(NCc1ccc(Cl)cc1)c1ccc(CI)cc1N(c1cccc2nccnc12)S(=O)[O-]. The maximum atomic E-state index is 13.1. The Bertz CT molecular complexity index is 1330. The molecule has 1 atom stereocenters. The molecule has 1 aromatic heterocycles. The first kappa shape index (κ1) is 23.6. The highest BCUT2D eigenvalue weighted by Crippen LogP contribution is 2.35. The van der Waals surface area contributed by atoms with E-state index < -0.39 is 17.2 Å². The van der Waals surface area contributed by atoms with Crippen LogP contribution in [0.25, 0.3) is 11.0 Å². The number of carbonyl (C=O) groups is 1. The molecule has 0 aliphatic carbocycles. The second-order valence-corrected chi connectivity index (χ2v) is 9.01. The molecule has 1 heterocycles. The van der Waals surface area contributed by atoms with Crippen molar-refractivity contribution >= 4 is 73.8 Å². The number of anilines is 2. The van der Waals surface area contributed by atoms with Crippen LogP contribution in [0, 0.1) is 0 Å². The maximum absolute atomic E-state index is 13.1. The van der Waals surface area contributed by atoms with Gasteiger partial charge >= 0.3 is 0 Å². The second kappa shape index (κ2) is 10.6. The van der Waals surface area contributed by atoms with Gasteiger partial charge in [-0.05, 0) is 47.5 Å². The summed E-state index contributed by atoms with van der Waals surface area (Å²) in [6.45, 7) is 0.268. The number of amides is 1. The number of fused-ring (bicyclic) bond motifs is 1. The summed E-state index contributed by atoms with van der Waals surface area (Å²) in [6.07, 6.45) is 3.04. The van der Waals surface area contributed by atoms with Crippen LogP contribution >= 0.6 is 34.2 Å². The lowest BCUT2D eigenvalue weighted by Crippen LogP contribution is -2.27. The first-order valence-corrected chi connectivity index (χ1v) is 12.7. The molecule has 4 aromatic rings. The zero-order valence-corrected chi connectivity index (χ0v) is 20.8. The molecular weight excluding hydrogens is 575 g/mol. The van der Waals surface area contributed by atoms with Gasteiger partial charge in [-0.15, -0.1) is 0 Å². The molecule has 1 amide bonds. The maximum Gasteiger partial charge on any atom is 0.253 e. The Labute approximate surface area is 211 Å². The third kappa shape index (κ3) is 5.32. The van der Waals surface area contributed by atoms with E-state index in [1.807, 2.05) is 18.2 Å². The fraction of sp³-hybridized carbons (Fsp3) is 0.0870. The van der Waals surface area contributed by atoms with Gasteiger partial charge in [-0.1, -0.05) is 58.5 Å². The van der Waals surface area contributed by atoms with Crippen LogP contribution in [0.3, 0.4) is 0 Å². The zero-order valence-electron chi connectivity index (χ0n) is 17.1. The first-order chi connectivity index (χ1) is 16.0. The molecule has 0 aliphatic heterocycles. The molecule has 0 saturated carbocycles. The molecule has 1 N–H and O–H groups in total. The Morgan fingerprint density at radius 3 is 2.48 bits per heavy atom. The molecule has 10 heteroatoms. The quantitative estimate of drug-likeness (QED) is 0.184. The van der Waals surface area contributed by atoms with E-state index in [-0.39, 0.29) is 17.8 Å². The molecular formula is C23H17ClIN4O3S-. The Hall–Kier alpha value is -2.60. The number of hydrogen-bond acceptors (Lipinski definition) is 5.